The summed E-state index contributed by atoms with van der Waals surface area (Å²) in [5.74, 6) is 0.0433. The lowest BCUT2D eigenvalue weighted by Crippen LogP contribution is -2.42. The van der Waals surface area contributed by atoms with Crippen LogP contribution in [0.4, 0.5) is 5.69 Å². The molecule has 9 heteroatoms. The van der Waals surface area contributed by atoms with Crippen LogP contribution in [0.3, 0.4) is 0 Å². The van der Waals surface area contributed by atoms with Gasteiger partial charge in [-0.2, -0.15) is 0 Å². The lowest BCUT2D eigenvalue weighted by molar-refractivity contribution is -0.123. The number of amides is 2. The van der Waals surface area contributed by atoms with Crippen molar-refractivity contribution in [1.29, 1.82) is 0 Å². The summed E-state index contributed by atoms with van der Waals surface area (Å²) in [6.07, 6.45) is 3.86. The van der Waals surface area contributed by atoms with Crippen LogP contribution in [0.25, 0.3) is 0 Å². The Bertz CT molecular complexity index is 1150. The summed E-state index contributed by atoms with van der Waals surface area (Å²) < 4.78 is 5.48. The molecule has 2 aromatic heterocycles. The first-order valence-corrected chi connectivity index (χ1v) is 9.96. The summed E-state index contributed by atoms with van der Waals surface area (Å²) in [5.41, 5.74) is 1.58. The van der Waals surface area contributed by atoms with Gasteiger partial charge in [0.05, 0.1) is 6.04 Å². The Balaban J connectivity index is 0.000000775. The van der Waals surface area contributed by atoms with Gasteiger partial charge in [-0.3, -0.25) is 19.4 Å². The molecule has 164 valence electrons. The first-order chi connectivity index (χ1) is 15.6. The largest absolute Gasteiger partial charge is 0.483 e. The fourth-order valence-corrected chi connectivity index (χ4v) is 4.63. The van der Waals surface area contributed by atoms with Crippen molar-refractivity contribution < 1.29 is 29.0 Å². The van der Waals surface area contributed by atoms with E-state index in [1.54, 1.807) is 35.5 Å². The first kappa shape index (κ1) is 21.3. The van der Waals surface area contributed by atoms with Crippen LogP contribution in [0.2, 0.25) is 0 Å². The Kier molecular flexibility index (Phi) is 5.74. The third-order valence-corrected chi connectivity index (χ3v) is 5.88. The van der Waals surface area contributed by atoms with E-state index in [0.29, 0.717) is 18.7 Å². The second-order valence-electron chi connectivity index (χ2n) is 7.44. The molecule has 3 N–H and O–H groups in total. The first-order valence-electron chi connectivity index (χ1n) is 9.96. The summed E-state index contributed by atoms with van der Waals surface area (Å²) in [4.78, 5) is 40.8. The third kappa shape index (κ3) is 3.32. The van der Waals surface area contributed by atoms with Gasteiger partial charge in [-0.15, -0.1) is 0 Å². The third-order valence-electron chi connectivity index (χ3n) is 5.88. The number of nitrogens with zero attached hydrogens (tertiary/aromatic N) is 2. The number of likely N-dealkylation sites (tertiary alicyclic amines) is 1. The minimum Gasteiger partial charge on any atom is -0.483 e. The van der Waals surface area contributed by atoms with E-state index < -0.39 is 11.5 Å². The number of hydrogen-bond acceptors (Lipinski definition) is 6. The van der Waals surface area contributed by atoms with Gasteiger partial charge in [0.15, 0.2) is 5.76 Å². The Morgan fingerprint density at radius 3 is 2.72 bits per heavy atom. The Labute approximate surface area is 183 Å². The molecule has 32 heavy (non-hydrogen) atoms. The number of nitrogens with one attached hydrogen (secondary N) is 1. The lowest BCUT2D eigenvalue weighted by atomic mass is 9.73. The second kappa shape index (κ2) is 8.64. The number of carbonyl (C=O) groups is 3. The highest BCUT2D eigenvalue weighted by Gasteiger charge is 2.59. The number of carboxylic acid groups (broad SMARTS) is 1. The number of aliphatic hydroxyl groups excluding tert-OH is 1. The van der Waals surface area contributed by atoms with Gasteiger partial charge in [-0.1, -0.05) is 24.3 Å². The molecule has 3 aromatic rings. The van der Waals surface area contributed by atoms with Gasteiger partial charge in [0.25, 0.3) is 12.4 Å². The van der Waals surface area contributed by atoms with Crippen molar-refractivity contribution in [2.45, 2.75) is 24.5 Å². The van der Waals surface area contributed by atoms with Crippen LogP contribution in [0, 0.1) is 0 Å². The van der Waals surface area contributed by atoms with Gasteiger partial charge < -0.3 is 24.8 Å². The maximum absolute atomic E-state index is 13.3. The highest BCUT2D eigenvalue weighted by molar-refractivity contribution is 6.08. The zero-order valence-corrected chi connectivity index (χ0v) is 17.0. The molecule has 4 heterocycles. The van der Waals surface area contributed by atoms with Crippen molar-refractivity contribution in [1.82, 2.24) is 9.88 Å². The molecule has 2 amide bonds. The average molecular weight is 435 g/mol. The summed E-state index contributed by atoms with van der Waals surface area (Å²) in [5, 5.41) is 19.1. The van der Waals surface area contributed by atoms with Crippen LogP contribution < -0.4 is 5.32 Å². The van der Waals surface area contributed by atoms with E-state index in [2.05, 4.69) is 10.3 Å². The normalized spacial score (nSPS) is 21.0. The molecule has 1 fully saturated rings. The summed E-state index contributed by atoms with van der Waals surface area (Å²) in [6, 6.07) is 13.9. The number of benzene rings is 1. The Morgan fingerprint density at radius 2 is 2.03 bits per heavy atom. The van der Waals surface area contributed by atoms with Gasteiger partial charge in [-0.05, 0) is 41.8 Å². The number of hydrogen-bond donors (Lipinski definition) is 3. The highest BCUT2D eigenvalue weighted by Crippen LogP contribution is 2.54. The molecule has 9 nitrogen and oxygen atoms in total. The molecular weight excluding hydrogens is 414 g/mol. The zero-order chi connectivity index (χ0) is 22.7. The molecular formula is C23H21N3O6. The van der Waals surface area contributed by atoms with Crippen molar-refractivity contribution >= 4 is 24.0 Å². The molecule has 2 aliphatic heterocycles. The number of rotatable bonds is 3. The number of fused-ring (bicyclic) bond motifs is 2. The minimum absolute atomic E-state index is 0.113. The van der Waals surface area contributed by atoms with E-state index in [4.69, 9.17) is 14.3 Å². The van der Waals surface area contributed by atoms with Crippen molar-refractivity contribution in [3.63, 3.8) is 0 Å². The highest BCUT2D eigenvalue weighted by atomic mass is 16.4. The minimum atomic E-state index is -0.887. The van der Waals surface area contributed by atoms with E-state index in [9.17, 15) is 14.7 Å². The quantitative estimate of drug-likeness (QED) is 0.538. The number of carbonyl (C=O) groups excluding carboxylic acids is 2. The maximum Gasteiger partial charge on any atom is 0.290 e. The van der Waals surface area contributed by atoms with Crippen molar-refractivity contribution in [3.05, 3.63) is 83.6 Å². The van der Waals surface area contributed by atoms with Crippen LogP contribution in [-0.2, 0) is 21.6 Å². The van der Waals surface area contributed by atoms with E-state index in [1.807, 2.05) is 30.3 Å². The topological polar surface area (TPSA) is 133 Å². The molecule has 2 aliphatic rings. The van der Waals surface area contributed by atoms with Gasteiger partial charge >= 0.3 is 0 Å². The summed E-state index contributed by atoms with van der Waals surface area (Å²) in [6.45, 7) is -0.131. The van der Waals surface area contributed by atoms with Crippen molar-refractivity contribution in [2.24, 2.45) is 0 Å². The van der Waals surface area contributed by atoms with Gasteiger partial charge in [0.1, 0.15) is 17.8 Å². The fraction of sp³-hybridized carbons (Fsp3) is 0.217. The second-order valence-corrected chi connectivity index (χ2v) is 7.44. The van der Waals surface area contributed by atoms with E-state index in [1.165, 1.54) is 0 Å². The molecule has 1 saturated heterocycles. The van der Waals surface area contributed by atoms with Gasteiger partial charge in [0, 0.05) is 24.6 Å². The van der Waals surface area contributed by atoms with Crippen LogP contribution in [0.5, 0.6) is 0 Å². The van der Waals surface area contributed by atoms with E-state index in [0.717, 1.165) is 16.8 Å². The lowest BCUT2D eigenvalue weighted by Gasteiger charge is -2.33. The van der Waals surface area contributed by atoms with Crippen molar-refractivity contribution in [3.8, 4) is 0 Å². The molecule has 1 spiro atoms. The number of aromatic nitrogens is 1. The predicted octanol–water partition coefficient (Wildman–Crippen LogP) is 2.35. The standard InChI is InChI=1S/C22H19N3O4.CH2O2/c26-13-15-7-8-18(29-15)20(27)25-11-9-22(19(25)14-4-3-10-23-12-14)16-5-1-2-6-17(16)24-21(22)28;2-1-3/h1-8,10,12,19,26H,9,11,13H2,(H,24,28);1H,(H,2,3). The number of para-hydroxylation sites is 1. The van der Waals surface area contributed by atoms with Crippen LogP contribution >= 0.6 is 0 Å². The smallest absolute Gasteiger partial charge is 0.290 e. The monoisotopic (exact) mass is 435 g/mol. The van der Waals surface area contributed by atoms with E-state index >= 15 is 0 Å². The van der Waals surface area contributed by atoms with Crippen LogP contribution in [0.15, 0.2) is 65.3 Å². The molecule has 0 saturated carbocycles. The fourth-order valence-electron chi connectivity index (χ4n) is 4.63. The molecule has 5 rings (SSSR count). The molecule has 0 radical (unpaired) electrons. The number of aliphatic hydroxyl groups is 1. The molecule has 0 bridgehead atoms. The van der Waals surface area contributed by atoms with Crippen LogP contribution in [0.1, 0.15) is 39.9 Å². The maximum atomic E-state index is 13.3. The number of furan rings is 1. The Morgan fingerprint density at radius 1 is 1.25 bits per heavy atom. The number of pyridine rings is 1. The van der Waals surface area contributed by atoms with E-state index in [-0.39, 0.29) is 30.7 Å². The van der Waals surface area contributed by atoms with Crippen LogP contribution in [-0.4, -0.2) is 44.9 Å². The average Bonchev–Trinajstić information content (AvgIpc) is 3.52. The predicted molar refractivity (Wildman–Crippen MR) is 113 cm³/mol. The zero-order valence-electron chi connectivity index (χ0n) is 17.0. The molecule has 1 aromatic carbocycles. The van der Waals surface area contributed by atoms with Gasteiger partial charge in [-0.25, -0.2) is 0 Å². The molecule has 0 aliphatic carbocycles. The van der Waals surface area contributed by atoms with Crippen molar-refractivity contribution in [2.75, 3.05) is 11.9 Å². The summed E-state index contributed by atoms with van der Waals surface area (Å²) in [7, 11) is 0. The molecule has 2 atom stereocenters. The summed E-state index contributed by atoms with van der Waals surface area (Å²) >= 11 is 0. The Hall–Kier alpha value is -3.98. The number of anilines is 1. The molecule has 2 unspecified atom stereocenters. The van der Waals surface area contributed by atoms with Gasteiger partial charge in [0.2, 0.25) is 5.91 Å². The SMILES string of the molecule is O=C(c1ccc(CO)o1)N1CCC2(C(=O)Nc3ccccc32)C1c1cccnc1.O=CO.